The molecule has 2 nitrogen and oxygen atoms in total. The third-order valence-electron chi connectivity index (χ3n) is 4.21. The Balaban J connectivity index is 1.87. The Morgan fingerprint density at radius 1 is 1.19 bits per heavy atom. The number of nitrogens with one attached hydrogen (secondary N) is 1. The molecule has 2 aromatic carbocycles. The Morgan fingerprint density at radius 2 is 1.90 bits per heavy atom. The molecule has 1 aliphatic rings. The quantitative estimate of drug-likeness (QED) is 0.890. The largest absolute Gasteiger partial charge is 0.388 e. The SMILES string of the molecule is CC(O)(Cc1ccc(Br)cc1)C1NCCc2ccccc21. The Morgan fingerprint density at radius 3 is 2.67 bits per heavy atom. The summed E-state index contributed by atoms with van der Waals surface area (Å²) in [6.07, 6.45) is 1.66. The Bertz CT molecular complexity index is 621. The summed E-state index contributed by atoms with van der Waals surface area (Å²) in [5, 5.41) is 14.5. The average Bonchev–Trinajstić information content (AvgIpc) is 2.49. The van der Waals surface area contributed by atoms with E-state index in [2.05, 4.69) is 57.6 Å². The molecule has 0 aliphatic carbocycles. The van der Waals surface area contributed by atoms with Crippen LogP contribution in [0.25, 0.3) is 0 Å². The van der Waals surface area contributed by atoms with Gasteiger partial charge in [0.15, 0.2) is 0 Å². The van der Waals surface area contributed by atoms with Gasteiger partial charge in [0.1, 0.15) is 0 Å². The number of hydrogen-bond acceptors (Lipinski definition) is 2. The van der Waals surface area contributed by atoms with Crippen molar-refractivity contribution < 1.29 is 5.11 Å². The highest BCUT2D eigenvalue weighted by Gasteiger charge is 2.35. The van der Waals surface area contributed by atoms with Crippen molar-refractivity contribution in [3.63, 3.8) is 0 Å². The van der Waals surface area contributed by atoms with Gasteiger partial charge in [0.25, 0.3) is 0 Å². The number of rotatable bonds is 3. The molecule has 2 atom stereocenters. The van der Waals surface area contributed by atoms with Crippen LogP contribution >= 0.6 is 15.9 Å². The third kappa shape index (κ3) is 3.20. The maximum absolute atomic E-state index is 11.0. The van der Waals surface area contributed by atoms with Gasteiger partial charge in [-0.25, -0.2) is 0 Å². The number of halogens is 1. The highest BCUT2D eigenvalue weighted by molar-refractivity contribution is 9.10. The number of hydrogen-bond donors (Lipinski definition) is 2. The normalized spacial score (nSPS) is 20.6. The van der Waals surface area contributed by atoms with Gasteiger partial charge in [0.05, 0.1) is 11.6 Å². The maximum atomic E-state index is 11.0. The Hall–Kier alpha value is -1.16. The first-order valence-electron chi connectivity index (χ1n) is 7.34. The van der Waals surface area contributed by atoms with Crippen LogP contribution in [0.15, 0.2) is 53.0 Å². The van der Waals surface area contributed by atoms with Crippen LogP contribution in [0.4, 0.5) is 0 Å². The second-order valence-electron chi connectivity index (χ2n) is 6.00. The minimum atomic E-state index is -0.815. The lowest BCUT2D eigenvalue weighted by molar-refractivity contribution is 0.0165. The number of aliphatic hydroxyl groups is 1. The molecule has 0 amide bonds. The molecule has 0 radical (unpaired) electrons. The zero-order valence-corrected chi connectivity index (χ0v) is 13.7. The van der Waals surface area contributed by atoms with Crippen LogP contribution in [0.5, 0.6) is 0 Å². The minimum Gasteiger partial charge on any atom is -0.388 e. The summed E-state index contributed by atoms with van der Waals surface area (Å²) in [5.74, 6) is 0. The monoisotopic (exact) mass is 345 g/mol. The Kier molecular flexibility index (Phi) is 4.16. The molecule has 0 aromatic heterocycles. The molecule has 0 saturated carbocycles. The highest BCUT2D eigenvalue weighted by atomic mass is 79.9. The lowest BCUT2D eigenvalue weighted by Gasteiger charge is -2.38. The van der Waals surface area contributed by atoms with E-state index in [0.29, 0.717) is 6.42 Å². The van der Waals surface area contributed by atoms with Crippen LogP contribution in [0.2, 0.25) is 0 Å². The maximum Gasteiger partial charge on any atom is 0.0853 e. The second-order valence-corrected chi connectivity index (χ2v) is 6.91. The van der Waals surface area contributed by atoms with Crippen LogP contribution in [-0.4, -0.2) is 17.3 Å². The molecule has 1 aliphatic heterocycles. The van der Waals surface area contributed by atoms with Gasteiger partial charge in [0.2, 0.25) is 0 Å². The lowest BCUT2D eigenvalue weighted by atomic mass is 9.81. The molecular weight excluding hydrogens is 326 g/mol. The first-order valence-corrected chi connectivity index (χ1v) is 8.13. The van der Waals surface area contributed by atoms with Crippen molar-refractivity contribution >= 4 is 15.9 Å². The van der Waals surface area contributed by atoms with Crippen molar-refractivity contribution in [3.05, 3.63) is 69.7 Å². The predicted octanol–water partition coefficient (Wildman–Crippen LogP) is 3.63. The summed E-state index contributed by atoms with van der Waals surface area (Å²) in [6.45, 7) is 2.84. The minimum absolute atomic E-state index is 0.0221. The summed E-state index contributed by atoms with van der Waals surface area (Å²) in [7, 11) is 0. The van der Waals surface area contributed by atoms with Gasteiger partial charge in [0, 0.05) is 10.9 Å². The van der Waals surface area contributed by atoms with E-state index in [0.717, 1.165) is 23.0 Å². The zero-order valence-electron chi connectivity index (χ0n) is 12.1. The van der Waals surface area contributed by atoms with Crippen LogP contribution in [0.3, 0.4) is 0 Å². The molecule has 2 unspecified atom stereocenters. The molecule has 3 rings (SSSR count). The van der Waals surface area contributed by atoms with E-state index in [4.69, 9.17) is 0 Å². The fourth-order valence-corrected chi connectivity index (χ4v) is 3.44. The van der Waals surface area contributed by atoms with Gasteiger partial charge in [-0.2, -0.15) is 0 Å². The van der Waals surface area contributed by atoms with Gasteiger partial charge >= 0.3 is 0 Å². The topological polar surface area (TPSA) is 32.3 Å². The molecule has 2 aromatic rings. The fourth-order valence-electron chi connectivity index (χ4n) is 3.18. The first kappa shape index (κ1) is 14.8. The number of benzene rings is 2. The van der Waals surface area contributed by atoms with E-state index < -0.39 is 5.60 Å². The molecule has 0 saturated heterocycles. The smallest absolute Gasteiger partial charge is 0.0853 e. The van der Waals surface area contributed by atoms with Crippen molar-refractivity contribution in [2.75, 3.05) is 6.54 Å². The van der Waals surface area contributed by atoms with E-state index in [-0.39, 0.29) is 6.04 Å². The standard InChI is InChI=1S/C18H20BrNO/c1-18(21,12-13-6-8-15(19)9-7-13)17-16-5-3-2-4-14(16)10-11-20-17/h2-9,17,20-21H,10-12H2,1H3. The Labute approximate surface area is 134 Å². The average molecular weight is 346 g/mol. The van der Waals surface area contributed by atoms with Gasteiger partial charge in [-0.15, -0.1) is 0 Å². The summed E-state index contributed by atoms with van der Waals surface area (Å²) in [6, 6.07) is 16.6. The van der Waals surface area contributed by atoms with Gasteiger partial charge < -0.3 is 10.4 Å². The lowest BCUT2D eigenvalue weighted by Crippen LogP contribution is -2.46. The van der Waals surface area contributed by atoms with Crippen molar-refractivity contribution in [1.29, 1.82) is 0 Å². The van der Waals surface area contributed by atoms with E-state index in [9.17, 15) is 5.11 Å². The van der Waals surface area contributed by atoms with Gasteiger partial charge in [-0.05, 0) is 48.7 Å². The molecule has 1 heterocycles. The molecule has 0 spiro atoms. The third-order valence-corrected chi connectivity index (χ3v) is 4.73. The molecule has 2 N–H and O–H groups in total. The first-order chi connectivity index (χ1) is 10.1. The van der Waals surface area contributed by atoms with Crippen LogP contribution in [-0.2, 0) is 12.8 Å². The molecule has 110 valence electrons. The van der Waals surface area contributed by atoms with E-state index >= 15 is 0 Å². The van der Waals surface area contributed by atoms with Crippen LogP contribution < -0.4 is 5.32 Å². The summed E-state index contributed by atoms with van der Waals surface area (Å²) in [4.78, 5) is 0. The molecule has 21 heavy (non-hydrogen) atoms. The fraction of sp³-hybridized carbons (Fsp3) is 0.333. The van der Waals surface area contributed by atoms with E-state index in [1.54, 1.807) is 0 Å². The number of fused-ring (bicyclic) bond motifs is 1. The zero-order chi connectivity index (χ0) is 14.9. The van der Waals surface area contributed by atoms with Crippen molar-refractivity contribution in [1.82, 2.24) is 5.32 Å². The molecule has 0 bridgehead atoms. The van der Waals surface area contributed by atoms with Crippen molar-refractivity contribution in [2.45, 2.75) is 31.4 Å². The van der Waals surface area contributed by atoms with Gasteiger partial charge in [-0.3, -0.25) is 0 Å². The molecule has 3 heteroatoms. The van der Waals surface area contributed by atoms with Crippen molar-refractivity contribution in [2.24, 2.45) is 0 Å². The van der Waals surface area contributed by atoms with Crippen LogP contribution in [0.1, 0.15) is 29.7 Å². The highest BCUT2D eigenvalue weighted by Crippen LogP contribution is 2.33. The molecular formula is C18H20BrNO. The summed E-state index contributed by atoms with van der Waals surface area (Å²) in [5.41, 5.74) is 2.90. The predicted molar refractivity (Wildman–Crippen MR) is 89.4 cm³/mol. The van der Waals surface area contributed by atoms with E-state index in [1.165, 1.54) is 11.1 Å². The summed E-state index contributed by atoms with van der Waals surface area (Å²) >= 11 is 3.45. The van der Waals surface area contributed by atoms with Crippen molar-refractivity contribution in [3.8, 4) is 0 Å². The van der Waals surface area contributed by atoms with Gasteiger partial charge in [-0.1, -0.05) is 52.3 Å². The van der Waals surface area contributed by atoms with E-state index in [1.807, 2.05) is 19.1 Å². The molecule has 0 fully saturated rings. The van der Waals surface area contributed by atoms with Crippen LogP contribution in [0, 0.1) is 0 Å². The second kappa shape index (κ2) is 5.91. The summed E-state index contributed by atoms with van der Waals surface area (Å²) < 4.78 is 1.06.